The number of carbonyl (C=O) groups excluding carboxylic acids is 1. The minimum atomic E-state index is -0.427. The van der Waals surface area contributed by atoms with Gasteiger partial charge < -0.3 is 14.6 Å². The number of benzene rings is 1. The molecule has 102 valence electrons. The first kappa shape index (κ1) is 13.6. The predicted octanol–water partition coefficient (Wildman–Crippen LogP) is 1.68. The van der Waals surface area contributed by atoms with Gasteiger partial charge in [-0.1, -0.05) is 30.3 Å². The van der Waals surface area contributed by atoms with Crippen LogP contribution < -0.4 is 0 Å². The Morgan fingerprint density at radius 2 is 2.21 bits per heavy atom. The quantitative estimate of drug-likeness (QED) is 0.662. The number of hydrogen-bond acceptors (Lipinski definition) is 4. The molecule has 19 heavy (non-hydrogen) atoms. The first-order valence-corrected chi connectivity index (χ1v) is 6.23. The molecule has 1 aromatic rings. The van der Waals surface area contributed by atoms with Crippen LogP contribution in [0.4, 0.5) is 0 Å². The molecule has 4 heteroatoms. The Labute approximate surface area is 112 Å². The molecule has 0 saturated carbocycles. The summed E-state index contributed by atoms with van der Waals surface area (Å²) in [5, 5.41) is 9.66. The number of methoxy groups -OCH3 is 1. The Kier molecular flexibility index (Phi) is 4.22. The van der Waals surface area contributed by atoms with Gasteiger partial charge in [-0.25, -0.2) is 4.79 Å². The molecule has 1 atom stereocenters. The highest BCUT2D eigenvalue weighted by atomic mass is 16.5. The first-order chi connectivity index (χ1) is 9.17. The lowest BCUT2D eigenvalue weighted by molar-refractivity contribution is -0.135. The number of hydrogen-bond donors (Lipinski definition) is 1. The van der Waals surface area contributed by atoms with Gasteiger partial charge in [0.05, 0.1) is 26.4 Å². The van der Waals surface area contributed by atoms with Crippen molar-refractivity contribution in [3.05, 3.63) is 47.7 Å². The van der Waals surface area contributed by atoms with Crippen molar-refractivity contribution >= 4 is 5.97 Å². The van der Waals surface area contributed by atoms with Crippen molar-refractivity contribution < 1.29 is 19.4 Å². The summed E-state index contributed by atoms with van der Waals surface area (Å²) < 4.78 is 10.1. The Bertz CT molecular complexity index is 466. The normalized spacial score (nSPS) is 24.2. The second-order valence-corrected chi connectivity index (χ2v) is 4.92. The molecule has 1 fully saturated rings. The lowest BCUT2D eigenvalue weighted by atomic mass is 9.81. The van der Waals surface area contributed by atoms with Gasteiger partial charge in [-0.15, -0.1) is 0 Å². The largest absolute Gasteiger partial charge is 0.497 e. The molecule has 1 unspecified atom stereocenters. The maximum Gasteiger partial charge on any atom is 0.333 e. The number of rotatable bonds is 4. The van der Waals surface area contributed by atoms with Gasteiger partial charge in [0.15, 0.2) is 0 Å². The molecule has 0 spiro atoms. The van der Waals surface area contributed by atoms with Crippen LogP contribution >= 0.6 is 0 Å². The molecule has 4 nitrogen and oxygen atoms in total. The zero-order valence-corrected chi connectivity index (χ0v) is 11.0. The van der Waals surface area contributed by atoms with Crippen molar-refractivity contribution in [2.75, 3.05) is 20.3 Å². The third-order valence-corrected chi connectivity index (χ3v) is 3.35. The molecule has 0 radical (unpaired) electrons. The number of carbonyl (C=O) groups is 1. The number of aliphatic hydroxyl groups excluding tert-OH is 1. The summed E-state index contributed by atoms with van der Waals surface area (Å²) in [4.78, 5) is 11.2. The van der Waals surface area contributed by atoms with Gasteiger partial charge >= 0.3 is 5.97 Å². The Balaban J connectivity index is 2.09. The van der Waals surface area contributed by atoms with Gasteiger partial charge in [0.25, 0.3) is 0 Å². The van der Waals surface area contributed by atoms with E-state index in [0.717, 1.165) is 12.0 Å². The van der Waals surface area contributed by atoms with Crippen LogP contribution in [0.2, 0.25) is 0 Å². The van der Waals surface area contributed by atoms with E-state index in [0.29, 0.717) is 18.8 Å². The number of aliphatic hydroxyl groups is 1. The molecule has 0 aliphatic carbocycles. The zero-order chi connectivity index (χ0) is 13.7. The van der Waals surface area contributed by atoms with E-state index in [1.807, 2.05) is 30.3 Å². The molecule has 1 saturated heterocycles. The molecule has 1 aromatic carbocycles. The standard InChI is InChI=1S/C15H18O4/c1-18-14(17)7-13-9-15(10-16,11-19-13)8-12-5-3-2-4-6-12/h2-7,16H,8-11H2,1H3/b13-7+. The van der Waals surface area contributed by atoms with E-state index >= 15 is 0 Å². The van der Waals surface area contributed by atoms with E-state index in [1.165, 1.54) is 13.2 Å². The molecule has 0 bridgehead atoms. The maximum atomic E-state index is 11.2. The second kappa shape index (κ2) is 5.89. The minimum Gasteiger partial charge on any atom is -0.497 e. The summed E-state index contributed by atoms with van der Waals surface area (Å²) in [6, 6.07) is 9.96. The van der Waals surface area contributed by atoms with Crippen LogP contribution in [0, 0.1) is 5.41 Å². The topological polar surface area (TPSA) is 55.8 Å². The lowest BCUT2D eigenvalue weighted by Gasteiger charge is -2.23. The van der Waals surface area contributed by atoms with Crippen LogP contribution in [0.25, 0.3) is 0 Å². The third-order valence-electron chi connectivity index (χ3n) is 3.35. The van der Waals surface area contributed by atoms with Gasteiger partial charge in [-0.3, -0.25) is 0 Å². The summed E-state index contributed by atoms with van der Waals surface area (Å²) in [7, 11) is 1.33. The van der Waals surface area contributed by atoms with E-state index < -0.39 is 5.97 Å². The third kappa shape index (κ3) is 3.35. The summed E-state index contributed by atoms with van der Waals surface area (Å²) in [5.41, 5.74) is 0.806. The van der Waals surface area contributed by atoms with Gasteiger partial charge in [-0.2, -0.15) is 0 Å². The van der Waals surface area contributed by atoms with Crippen molar-refractivity contribution in [1.82, 2.24) is 0 Å². The fraction of sp³-hybridized carbons (Fsp3) is 0.400. The Hall–Kier alpha value is -1.81. The summed E-state index contributed by atoms with van der Waals surface area (Å²) in [6.45, 7) is 0.446. The van der Waals surface area contributed by atoms with Crippen LogP contribution in [0.1, 0.15) is 12.0 Å². The fourth-order valence-corrected chi connectivity index (χ4v) is 2.30. The highest BCUT2D eigenvalue weighted by molar-refractivity contribution is 5.82. The monoisotopic (exact) mass is 262 g/mol. The molecular formula is C15H18O4. The van der Waals surface area contributed by atoms with Crippen molar-refractivity contribution in [3.8, 4) is 0 Å². The maximum absolute atomic E-state index is 11.2. The van der Waals surface area contributed by atoms with Crippen molar-refractivity contribution in [3.63, 3.8) is 0 Å². The second-order valence-electron chi connectivity index (χ2n) is 4.92. The zero-order valence-electron chi connectivity index (χ0n) is 11.0. The molecule has 1 aliphatic heterocycles. The van der Waals surface area contributed by atoms with E-state index in [-0.39, 0.29) is 12.0 Å². The molecule has 1 aliphatic rings. The number of allylic oxidation sites excluding steroid dienone is 1. The summed E-state index contributed by atoms with van der Waals surface area (Å²) >= 11 is 0. The van der Waals surface area contributed by atoms with Gasteiger partial charge in [-0.05, 0) is 12.0 Å². The molecule has 1 heterocycles. The smallest absolute Gasteiger partial charge is 0.333 e. The average molecular weight is 262 g/mol. The van der Waals surface area contributed by atoms with E-state index in [1.54, 1.807) is 0 Å². The highest BCUT2D eigenvalue weighted by Gasteiger charge is 2.38. The predicted molar refractivity (Wildman–Crippen MR) is 70.3 cm³/mol. The average Bonchev–Trinajstić information content (AvgIpc) is 2.83. The van der Waals surface area contributed by atoms with Gasteiger partial charge in [0.1, 0.15) is 5.76 Å². The Morgan fingerprint density at radius 1 is 1.47 bits per heavy atom. The Morgan fingerprint density at radius 3 is 2.84 bits per heavy atom. The minimum absolute atomic E-state index is 0.0282. The van der Waals surface area contributed by atoms with Crippen molar-refractivity contribution in [2.24, 2.45) is 5.41 Å². The number of esters is 1. The molecule has 1 N–H and O–H groups in total. The van der Waals surface area contributed by atoms with Crippen LogP contribution in [0.3, 0.4) is 0 Å². The van der Waals surface area contributed by atoms with Crippen LogP contribution in [0.15, 0.2) is 42.2 Å². The van der Waals surface area contributed by atoms with Crippen LogP contribution in [-0.4, -0.2) is 31.4 Å². The molecular weight excluding hydrogens is 244 g/mol. The van der Waals surface area contributed by atoms with E-state index in [9.17, 15) is 9.90 Å². The first-order valence-electron chi connectivity index (χ1n) is 6.23. The van der Waals surface area contributed by atoms with Crippen LogP contribution in [0.5, 0.6) is 0 Å². The highest BCUT2D eigenvalue weighted by Crippen LogP contribution is 2.37. The van der Waals surface area contributed by atoms with E-state index in [4.69, 9.17) is 4.74 Å². The molecule has 0 aromatic heterocycles. The van der Waals surface area contributed by atoms with E-state index in [2.05, 4.69) is 4.74 Å². The van der Waals surface area contributed by atoms with Crippen LogP contribution in [-0.2, 0) is 20.7 Å². The van der Waals surface area contributed by atoms with Crippen molar-refractivity contribution in [2.45, 2.75) is 12.8 Å². The number of ether oxygens (including phenoxy) is 2. The lowest BCUT2D eigenvalue weighted by Crippen LogP contribution is -2.28. The van der Waals surface area contributed by atoms with Gasteiger partial charge in [0, 0.05) is 11.8 Å². The fourth-order valence-electron chi connectivity index (χ4n) is 2.30. The summed E-state index contributed by atoms with van der Waals surface area (Å²) in [5.74, 6) is 0.153. The van der Waals surface area contributed by atoms with Gasteiger partial charge in [0.2, 0.25) is 0 Å². The SMILES string of the molecule is COC(=O)/C=C1\CC(CO)(Cc2ccccc2)CO1. The summed E-state index contributed by atoms with van der Waals surface area (Å²) in [6.07, 6.45) is 2.62. The molecule has 2 rings (SSSR count). The van der Waals surface area contributed by atoms with Crippen molar-refractivity contribution in [1.29, 1.82) is 0 Å². The molecule has 0 amide bonds.